The molecule has 2 aliphatic heterocycles. The van der Waals surface area contributed by atoms with E-state index in [4.69, 9.17) is 5.26 Å². The first-order chi connectivity index (χ1) is 14.5. The van der Waals surface area contributed by atoms with Crippen LogP contribution in [0.5, 0.6) is 23.0 Å². The van der Waals surface area contributed by atoms with Crippen LogP contribution in [0.25, 0.3) is 0 Å². The van der Waals surface area contributed by atoms with Crippen molar-refractivity contribution < 1.29 is 50.8 Å². The molecular weight excluding hydrogens is 430 g/mol. The molecule has 0 aromatic heterocycles. The van der Waals surface area contributed by atoms with E-state index in [1.54, 1.807) is 6.07 Å². The van der Waals surface area contributed by atoms with Crippen molar-refractivity contribution >= 4 is 11.8 Å². The molecule has 31 heavy (non-hydrogen) atoms. The van der Waals surface area contributed by atoms with Crippen LogP contribution in [0.15, 0.2) is 36.4 Å². The molecule has 12 heteroatoms. The van der Waals surface area contributed by atoms with Crippen LogP contribution in [0.1, 0.15) is 27.1 Å². The van der Waals surface area contributed by atoms with Gasteiger partial charge in [0.05, 0.1) is 25.2 Å². The number of hydrogen-bond acceptors (Lipinski definition) is 8. The number of hydrogen-bond donors (Lipinski definition) is 0. The molecule has 2 aliphatic rings. The highest BCUT2D eigenvalue weighted by molar-refractivity contribution is 5.98. The van der Waals surface area contributed by atoms with E-state index in [0.717, 1.165) is 12.1 Å². The second-order valence-corrected chi connectivity index (χ2v) is 5.91. The summed E-state index contributed by atoms with van der Waals surface area (Å²) in [5.41, 5.74) is 0.263. The van der Waals surface area contributed by atoms with Gasteiger partial charge in [0, 0.05) is 5.56 Å². The molecule has 2 heterocycles. The van der Waals surface area contributed by atoms with Gasteiger partial charge in [-0.15, -0.1) is 17.6 Å². The summed E-state index contributed by atoms with van der Waals surface area (Å²) in [5, 5.41) is 8.33. The van der Waals surface area contributed by atoms with Gasteiger partial charge in [0.15, 0.2) is 28.8 Å². The average molecular weight is 441 g/mol. The van der Waals surface area contributed by atoms with Gasteiger partial charge in [0.1, 0.15) is 0 Å². The Morgan fingerprint density at radius 1 is 0.871 bits per heavy atom. The summed E-state index contributed by atoms with van der Waals surface area (Å²) in [6.45, 7) is 0. The van der Waals surface area contributed by atoms with Crippen LogP contribution >= 0.6 is 0 Å². The predicted octanol–water partition coefficient (Wildman–Crippen LogP) is 3.90. The molecule has 2 aromatic carbocycles. The van der Waals surface area contributed by atoms with E-state index in [1.807, 2.05) is 0 Å². The first-order valence-electron chi connectivity index (χ1n) is 8.32. The number of fused-ring (bicyclic) bond motifs is 2. The van der Waals surface area contributed by atoms with E-state index in [0.29, 0.717) is 0 Å². The van der Waals surface area contributed by atoms with Gasteiger partial charge in [-0.25, -0.2) is 4.79 Å². The third-order valence-electron chi connectivity index (χ3n) is 3.79. The highest BCUT2D eigenvalue weighted by Crippen LogP contribution is 2.42. The van der Waals surface area contributed by atoms with E-state index >= 15 is 0 Å². The normalized spacial score (nSPS) is 15.9. The fourth-order valence-corrected chi connectivity index (χ4v) is 2.49. The number of rotatable bonds is 3. The molecule has 0 N–H and O–H groups in total. The highest BCUT2D eigenvalue weighted by atomic mass is 19.3. The summed E-state index contributed by atoms with van der Waals surface area (Å²) in [6, 6.07) is 9.01. The van der Waals surface area contributed by atoms with E-state index in [-0.39, 0.29) is 40.5 Å². The Morgan fingerprint density at radius 3 is 1.81 bits per heavy atom. The molecule has 162 valence electrons. The maximum absolute atomic E-state index is 12.6. The Bertz CT molecular complexity index is 1080. The summed E-state index contributed by atoms with van der Waals surface area (Å²) in [6.07, 6.45) is -7.67. The predicted molar refractivity (Wildman–Crippen MR) is 91.2 cm³/mol. The second-order valence-electron chi connectivity index (χ2n) is 5.91. The van der Waals surface area contributed by atoms with Crippen LogP contribution in [0.3, 0.4) is 0 Å². The van der Waals surface area contributed by atoms with Crippen LogP contribution in [0, 0.1) is 11.3 Å². The van der Waals surface area contributed by atoms with Crippen LogP contribution in [0.4, 0.5) is 17.6 Å². The Hall–Kier alpha value is -4.01. The largest absolute Gasteiger partial charge is 0.586 e. The number of esters is 1. The fraction of sp³-hybridized carbons (Fsp3) is 0.211. The third kappa shape index (κ3) is 4.95. The van der Waals surface area contributed by atoms with Gasteiger partial charge in [0.25, 0.3) is 0 Å². The van der Waals surface area contributed by atoms with Crippen molar-refractivity contribution in [3.8, 4) is 29.1 Å². The molecule has 0 fully saturated rings. The number of Topliss-reactive ketones (excluding diaryl/α,β-unsaturated/α-hetero) is 1. The van der Waals surface area contributed by atoms with E-state index in [1.165, 1.54) is 31.4 Å². The number of carbonyl (C=O) groups is 2. The molecule has 0 saturated carbocycles. The quantitative estimate of drug-likeness (QED) is 0.401. The number of ether oxygens (including phenoxy) is 5. The minimum atomic E-state index is -3.70. The summed E-state index contributed by atoms with van der Waals surface area (Å²) in [7, 11) is 1.20. The number of nitrogens with zero attached hydrogens (tertiary/aromatic N) is 1. The molecular formula is C19H11F4NO7. The maximum atomic E-state index is 12.6. The molecule has 0 bridgehead atoms. The zero-order valence-corrected chi connectivity index (χ0v) is 15.5. The van der Waals surface area contributed by atoms with Crippen LogP contribution < -0.4 is 18.9 Å². The lowest BCUT2D eigenvalue weighted by molar-refractivity contribution is -0.287. The minimum absolute atomic E-state index is 0.104. The fourth-order valence-electron chi connectivity index (χ4n) is 2.49. The van der Waals surface area contributed by atoms with Gasteiger partial charge in [-0.05, 0) is 36.4 Å². The maximum Gasteiger partial charge on any atom is 0.586 e. The van der Waals surface area contributed by atoms with Crippen LogP contribution in [-0.4, -0.2) is 31.5 Å². The number of benzene rings is 2. The third-order valence-corrected chi connectivity index (χ3v) is 3.79. The van der Waals surface area contributed by atoms with Crippen LogP contribution in [-0.2, 0) is 4.74 Å². The number of alkyl halides is 4. The molecule has 2 aromatic rings. The SMILES string of the molecule is COC(=O)c1ccc2c(c1)OC(F)(F)O2.N#CCC(=O)c1ccc2c(c1)OC(F)(F)O2. The van der Waals surface area contributed by atoms with Crippen molar-refractivity contribution in [2.45, 2.75) is 19.0 Å². The molecule has 4 rings (SSSR count). The topological polar surface area (TPSA) is 104 Å². The Morgan fingerprint density at radius 2 is 1.32 bits per heavy atom. The number of carbonyl (C=O) groups excluding carboxylic acids is 2. The highest BCUT2D eigenvalue weighted by Gasteiger charge is 2.44. The van der Waals surface area contributed by atoms with Gasteiger partial charge in [-0.2, -0.15) is 5.26 Å². The van der Waals surface area contributed by atoms with Gasteiger partial charge < -0.3 is 23.7 Å². The molecule has 0 radical (unpaired) electrons. The molecule has 8 nitrogen and oxygen atoms in total. The number of nitriles is 1. The zero-order chi connectivity index (χ0) is 22.8. The lowest BCUT2D eigenvalue weighted by Gasteiger charge is -2.04. The van der Waals surface area contributed by atoms with E-state index < -0.39 is 24.3 Å². The van der Waals surface area contributed by atoms with Crippen molar-refractivity contribution in [1.29, 1.82) is 5.26 Å². The van der Waals surface area contributed by atoms with Gasteiger partial charge in [-0.3, -0.25) is 4.79 Å². The number of ketones is 1. The van der Waals surface area contributed by atoms with Crippen molar-refractivity contribution in [2.24, 2.45) is 0 Å². The Balaban J connectivity index is 0.000000176. The first kappa shape index (κ1) is 21.7. The standard InChI is InChI=1S/C10H5F2NO3.C9H6F2O4/c11-10(12)15-8-2-1-6(5-9(8)16-10)7(14)3-4-13;1-13-8(12)5-2-3-6-7(4-5)15-9(10,11)14-6/h1-2,5H,3H2;2-4H,1H3. The molecule has 0 aliphatic carbocycles. The lowest BCUT2D eigenvalue weighted by atomic mass is 10.1. The first-order valence-corrected chi connectivity index (χ1v) is 8.32. The van der Waals surface area contributed by atoms with E-state index in [2.05, 4.69) is 23.7 Å². The van der Waals surface area contributed by atoms with Crippen LogP contribution in [0.2, 0.25) is 0 Å². The van der Waals surface area contributed by atoms with Gasteiger partial charge in [0.2, 0.25) is 0 Å². The smallest absolute Gasteiger partial charge is 0.465 e. The van der Waals surface area contributed by atoms with Crippen molar-refractivity contribution in [1.82, 2.24) is 0 Å². The minimum Gasteiger partial charge on any atom is -0.465 e. The van der Waals surface area contributed by atoms with Gasteiger partial charge >= 0.3 is 18.6 Å². The van der Waals surface area contributed by atoms with Gasteiger partial charge in [-0.1, -0.05) is 0 Å². The molecule has 0 spiro atoms. The summed E-state index contributed by atoms with van der Waals surface area (Å²) >= 11 is 0. The molecule has 0 atom stereocenters. The zero-order valence-electron chi connectivity index (χ0n) is 15.5. The van der Waals surface area contributed by atoms with Crippen molar-refractivity contribution in [2.75, 3.05) is 7.11 Å². The average Bonchev–Trinajstić information content (AvgIpc) is 3.18. The molecule has 0 amide bonds. The van der Waals surface area contributed by atoms with Crippen molar-refractivity contribution in [3.63, 3.8) is 0 Å². The number of methoxy groups -OCH3 is 1. The molecule has 0 saturated heterocycles. The molecule has 0 unspecified atom stereocenters. The number of halogens is 4. The Labute approximate surface area is 171 Å². The monoisotopic (exact) mass is 441 g/mol. The summed E-state index contributed by atoms with van der Waals surface area (Å²) < 4.78 is 71.5. The van der Waals surface area contributed by atoms with Crippen molar-refractivity contribution in [3.05, 3.63) is 47.5 Å². The summed E-state index contributed by atoms with van der Waals surface area (Å²) in [4.78, 5) is 22.4. The summed E-state index contributed by atoms with van der Waals surface area (Å²) in [5.74, 6) is -1.69. The lowest BCUT2D eigenvalue weighted by Crippen LogP contribution is -2.25. The Kier molecular flexibility index (Phi) is 5.61. The van der Waals surface area contributed by atoms with E-state index in [9.17, 15) is 27.2 Å². The second kappa shape index (κ2) is 8.02.